The number of benzene rings is 1. The maximum absolute atomic E-state index is 13.0. The largest absolute Gasteiger partial charge is 0.478 e. The highest BCUT2D eigenvalue weighted by Crippen LogP contribution is 2.37. The van der Waals surface area contributed by atoms with Crippen molar-refractivity contribution in [3.63, 3.8) is 0 Å². The number of unbranched alkanes of at least 4 members (excludes halogenated alkanes) is 5. The van der Waals surface area contributed by atoms with Crippen LogP contribution in [0.4, 0.5) is 5.00 Å². The number of anilines is 1. The van der Waals surface area contributed by atoms with Crippen molar-refractivity contribution in [3.8, 4) is 0 Å². The molecule has 12 nitrogen and oxygen atoms in total. The molecule has 0 saturated heterocycles. The molecule has 0 aliphatic carbocycles. The quantitative estimate of drug-likeness (QED) is 0.138. The van der Waals surface area contributed by atoms with Gasteiger partial charge in [0.05, 0.1) is 5.71 Å². The molecule has 2 heterocycles. The number of halogens is 1. The third-order valence-electron chi connectivity index (χ3n) is 6.35. The number of hydrogen-bond donors (Lipinski definition) is 4. The second kappa shape index (κ2) is 22.2. The molecule has 0 atom stereocenters. The minimum Gasteiger partial charge on any atom is -0.478 e. The van der Waals surface area contributed by atoms with E-state index in [1.807, 2.05) is 43.3 Å². The van der Waals surface area contributed by atoms with Crippen molar-refractivity contribution in [1.82, 2.24) is 4.90 Å². The van der Waals surface area contributed by atoms with E-state index in [1.165, 1.54) is 43.4 Å². The summed E-state index contributed by atoms with van der Waals surface area (Å²) in [5.74, 6) is -4.97. The van der Waals surface area contributed by atoms with Crippen LogP contribution in [0, 0.1) is 0 Å². The molecule has 1 aromatic carbocycles. The van der Waals surface area contributed by atoms with Crippen LogP contribution in [0.5, 0.6) is 0 Å². The molecule has 3 rings (SSSR count). The Bertz CT molecular complexity index is 1380. The van der Waals surface area contributed by atoms with E-state index in [9.17, 15) is 24.0 Å². The first-order valence-electron chi connectivity index (χ1n) is 14.9. The molecule has 47 heavy (non-hydrogen) atoms. The normalized spacial score (nSPS) is 12.5. The average Bonchev–Trinajstić information content (AvgIpc) is 3.36. The van der Waals surface area contributed by atoms with Crippen LogP contribution in [0.25, 0.3) is 0 Å². The number of carbonyl (C=O) groups excluding carboxylic acids is 1. The maximum atomic E-state index is 13.0. The molecule has 0 bridgehead atoms. The van der Waals surface area contributed by atoms with Gasteiger partial charge in [0.25, 0.3) is 0 Å². The molecule has 1 aromatic heterocycles. The molecular weight excluding hydrogens is 650 g/mol. The van der Waals surface area contributed by atoms with Gasteiger partial charge in [-0.15, -0.1) is 11.3 Å². The van der Waals surface area contributed by atoms with Crippen LogP contribution >= 0.6 is 22.9 Å². The van der Waals surface area contributed by atoms with Gasteiger partial charge in [-0.05, 0) is 39.1 Å². The van der Waals surface area contributed by atoms with E-state index < -0.39 is 23.9 Å². The summed E-state index contributed by atoms with van der Waals surface area (Å²) in [4.78, 5) is 61.3. The minimum atomic E-state index is -1.26. The molecular formula is C33H42ClN3O9S. The van der Waals surface area contributed by atoms with Gasteiger partial charge in [-0.3, -0.25) is 9.79 Å². The number of carbonyl (C=O) groups is 5. The van der Waals surface area contributed by atoms with Gasteiger partial charge in [0, 0.05) is 58.4 Å². The van der Waals surface area contributed by atoms with E-state index in [0.29, 0.717) is 35.9 Å². The van der Waals surface area contributed by atoms with Gasteiger partial charge in [-0.2, -0.15) is 0 Å². The van der Waals surface area contributed by atoms with Crippen molar-refractivity contribution < 1.29 is 44.4 Å². The lowest BCUT2D eigenvalue weighted by Crippen LogP contribution is -2.37. The van der Waals surface area contributed by atoms with Crippen molar-refractivity contribution >= 4 is 63.4 Å². The fraction of sp³-hybridized carbons (Fsp3) is 0.394. The standard InChI is InChI=1S/C25H34ClN3OS.2C4H4O4/c1-4-5-6-7-8-9-12-19-17-21-24(20-13-10-11-14-22(20)26)27-18-23(30)29(25(21)31-19)16-15-28(2)3;2*5-3(6)1-2-4(7)8/h10-11,13-14,17H,4-9,12,15-16,18H2,1-3H3;2*1-2H,(H,5,6)(H,7,8)/b;2*2-1+. The smallest absolute Gasteiger partial charge is 0.328 e. The molecule has 2 aromatic rings. The second-order valence-electron chi connectivity index (χ2n) is 10.5. The molecule has 256 valence electrons. The zero-order chi connectivity index (χ0) is 35.4. The van der Waals surface area contributed by atoms with Gasteiger partial charge in [0.2, 0.25) is 5.91 Å². The highest BCUT2D eigenvalue weighted by atomic mass is 35.5. The average molecular weight is 692 g/mol. The number of fused-ring (bicyclic) bond motifs is 1. The van der Waals surface area contributed by atoms with Crippen LogP contribution in [-0.2, 0) is 30.4 Å². The van der Waals surface area contributed by atoms with Crippen LogP contribution < -0.4 is 4.90 Å². The summed E-state index contributed by atoms with van der Waals surface area (Å²) in [6.07, 6.45) is 11.0. The second-order valence-corrected chi connectivity index (χ2v) is 12.0. The molecule has 1 amide bonds. The predicted molar refractivity (Wildman–Crippen MR) is 183 cm³/mol. The van der Waals surface area contributed by atoms with Gasteiger partial charge < -0.3 is 30.2 Å². The van der Waals surface area contributed by atoms with Crippen LogP contribution in [0.3, 0.4) is 0 Å². The number of aliphatic imine (C=N–C) groups is 1. The first-order chi connectivity index (χ1) is 22.3. The van der Waals surface area contributed by atoms with E-state index in [-0.39, 0.29) is 12.5 Å². The number of aryl methyl sites for hydroxylation is 1. The van der Waals surface area contributed by atoms with E-state index >= 15 is 0 Å². The van der Waals surface area contributed by atoms with Gasteiger partial charge in [0.15, 0.2) is 0 Å². The van der Waals surface area contributed by atoms with Gasteiger partial charge in [-0.1, -0.05) is 68.8 Å². The van der Waals surface area contributed by atoms with Crippen molar-refractivity contribution in [2.75, 3.05) is 38.6 Å². The van der Waals surface area contributed by atoms with Crippen LogP contribution in [0.2, 0.25) is 5.02 Å². The third-order valence-corrected chi connectivity index (χ3v) is 7.90. The highest BCUT2D eigenvalue weighted by molar-refractivity contribution is 7.16. The number of rotatable bonds is 15. The third kappa shape index (κ3) is 16.7. The van der Waals surface area contributed by atoms with E-state index in [1.54, 1.807) is 11.3 Å². The Morgan fingerprint density at radius 1 is 0.872 bits per heavy atom. The summed E-state index contributed by atoms with van der Waals surface area (Å²) < 4.78 is 0. The predicted octanol–water partition coefficient (Wildman–Crippen LogP) is 5.47. The summed E-state index contributed by atoms with van der Waals surface area (Å²) in [5.41, 5.74) is 2.78. The van der Waals surface area contributed by atoms with Gasteiger partial charge in [0.1, 0.15) is 11.5 Å². The van der Waals surface area contributed by atoms with Crippen molar-refractivity contribution in [1.29, 1.82) is 0 Å². The number of amides is 1. The summed E-state index contributed by atoms with van der Waals surface area (Å²) in [7, 11) is 4.07. The Balaban J connectivity index is 0.000000569. The molecule has 0 radical (unpaired) electrons. The first kappa shape index (κ1) is 40.7. The first-order valence-corrected chi connectivity index (χ1v) is 16.1. The highest BCUT2D eigenvalue weighted by Gasteiger charge is 2.28. The van der Waals surface area contributed by atoms with Crippen molar-refractivity contribution in [2.24, 2.45) is 4.99 Å². The maximum Gasteiger partial charge on any atom is 0.328 e. The molecule has 0 spiro atoms. The number of thiophene rings is 1. The Labute approximate surface area is 283 Å². The Hall–Kier alpha value is -4.33. The Morgan fingerprint density at radius 3 is 1.91 bits per heavy atom. The fourth-order valence-corrected chi connectivity index (χ4v) is 5.60. The summed E-state index contributed by atoms with van der Waals surface area (Å²) in [6.45, 7) is 3.89. The zero-order valence-electron chi connectivity index (χ0n) is 26.7. The number of aliphatic carboxylic acids is 4. The molecule has 0 saturated carbocycles. The monoisotopic (exact) mass is 691 g/mol. The number of carboxylic acids is 4. The molecule has 0 unspecified atom stereocenters. The molecule has 0 fully saturated rings. The lowest BCUT2D eigenvalue weighted by molar-refractivity contribution is -0.134. The Kier molecular flexibility index (Phi) is 19.3. The lowest BCUT2D eigenvalue weighted by atomic mass is 10.0. The fourth-order valence-electron chi connectivity index (χ4n) is 4.13. The Morgan fingerprint density at radius 2 is 1.40 bits per heavy atom. The molecule has 1 aliphatic rings. The van der Waals surface area contributed by atoms with Crippen LogP contribution in [0.15, 0.2) is 59.6 Å². The summed E-state index contributed by atoms with van der Waals surface area (Å²) >= 11 is 8.27. The summed E-state index contributed by atoms with van der Waals surface area (Å²) in [5, 5.41) is 32.9. The number of carboxylic acid groups (broad SMARTS) is 4. The van der Waals surface area contributed by atoms with E-state index in [4.69, 9.17) is 37.0 Å². The van der Waals surface area contributed by atoms with Crippen LogP contribution in [0.1, 0.15) is 61.5 Å². The van der Waals surface area contributed by atoms with Crippen LogP contribution in [-0.4, -0.2) is 94.6 Å². The van der Waals surface area contributed by atoms with E-state index in [2.05, 4.69) is 17.9 Å². The number of nitrogens with zero attached hydrogens (tertiary/aromatic N) is 3. The zero-order valence-corrected chi connectivity index (χ0v) is 28.3. The topological polar surface area (TPSA) is 185 Å². The minimum absolute atomic E-state index is 0.0538. The molecule has 4 N–H and O–H groups in total. The SMILES string of the molecule is CCCCCCCCc1cc2c(s1)N(CCN(C)C)C(=O)CN=C2c1ccccc1Cl.O=C(O)/C=C/C(=O)O.O=C(O)/C=C/C(=O)O. The molecule has 1 aliphatic heterocycles. The summed E-state index contributed by atoms with van der Waals surface area (Å²) in [6, 6.07) is 10.0. The van der Waals surface area contributed by atoms with Gasteiger partial charge >= 0.3 is 23.9 Å². The molecule has 14 heteroatoms. The van der Waals surface area contributed by atoms with Crippen molar-refractivity contribution in [3.05, 3.63) is 75.7 Å². The lowest BCUT2D eigenvalue weighted by Gasteiger charge is -2.22. The van der Waals surface area contributed by atoms with Gasteiger partial charge in [-0.25, -0.2) is 19.2 Å². The number of hydrogen-bond acceptors (Lipinski definition) is 8. The number of likely N-dealkylation sites (N-methyl/N-ethyl adjacent to an activating group) is 1. The van der Waals surface area contributed by atoms with E-state index in [0.717, 1.165) is 34.8 Å². The van der Waals surface area contributed by atoms with Crippen molar-refractivity contribution in [2.45, 2.75) is 51.9 Å².